The van der Waals surface area contributed by atoms with E-state index in [9.17, 15) is 4.79 Å². The Morgan fingerprint density at radius 2 is 2.00 bits per heavy atom. The van der Waals surface area contributed by atoms with Gasteiger partial charge in [0, 0.05) is 24.5 Å². The van der Waals surface area contributed by atoms with Crippen LogP contribution < -0.4 is 9.47 Å². The molecule has 1 atom stereocenters. The summed E-state index contributed by atoms with van der Waals surface area (Å²) in [7, 11) is 0. The Kier molecular flexibility index (Phi) is 5.86. The molecule has 1 aliphatic rings. The number of hydrogen-bond donors (Lipinski definition) is 0. The molecule has 7 heteroatoms. The fraction of sp³-hybridized carbons (Fsp3) is 0.389. The molecule has 1 aliphatic heterocycles. The van der Waals surface area contributed by atoms with Crippen LogP contribution in [-0.4, -0.2) is 46.6 Å². The quantitative estimate of drug-likeness (QED) is 0.763. The molecular weight excluding hydrogens is 386 g/mol. The number of carbonyl (C=O) groups excluding carboxylic acids is 1. The van der Waals surface area contributed by atoms with Crippen LogP contribution in [0, 0.1) is 0 Å². The molecule has 1 aromatic heterocycles. The summed E-state index contributed by atoms with van der Waals surface area (Å²) in [5, 5.41) is 0. The predicted molar refractivity (Wildman–Crippen MR) is 96.9 cm³/mol. The van der Waals surface area contributed by atoms with Gasteiger partial charge in [-0.25, -0.2) is 9.97 Å². The average molecular weight is 406 g/mol. The molecule has 0 saturated carbocycles. The van der Waals surface area contributed by atoms with Gasteiger partial charge in [-0.3, -0.25) is 4.79 Å². The molecule has 0 aliphatic carbocycles. The van der Waals surface area contributed by atoms with Crippen LogP contribution in [-0.2, 0) is 0 Å². The Labute approximate surface area is 155 Å². The van der Waals surface area contributed by atoms with Crippen molar-refractivity contribution in [1.29, 1.82) is 0 Å². The van der Waals surface area contributed by atoms with Gasteiger partial charge in [0.1, 0.15) is 11.9 Å². The molecule has 1 fully saturated rings. The van der Waals surface area contributed by atoms with Crippen molar-refractivity contribution >= 4 is 21.8 Å². The van der Waals surface area contributed by atoms with Crippen LogP contribution in [0.25, 0.3) is 0 Å². The summed E-state index contributed by atoms with van der Waals surface area (Å²) in [5.41, 5.74) is 0.656. The van der Waals surface area contributed by atoms with Crippen molar-refractivity contribution in [3.05, 3.63) is 46.7 Å². The second kappa shape index (κ2) is 8.29. The predicted octanol–water partition coefficient (Wildman–Crippen LogP) is 3.32. The van der Waals surface area contributed by atoms with E-state index >= 15 is 0 Å². The zero-order chi connectivity index (χ0) is 17.6. The molecule has 0 spiro atoms. The van der Waals surface area contributed by atoms with Crippen LogP contribution in [0.5, 0.6) is 11.8 Å². The van der Waals surface area contributed by atoms with Gasteiger partial charge in [-0.1, -0.05) is 0 Å². The van der Waals surface area contributed by atoms with E-state index in [0.29, 0.717) is 24.7 Å². The van der Waals surface area contributed by atoms with E-state index in [1.54, 1.807) is 24.5 Å². The second-order valence-corrected chi connectivity index (χ2v) is 6.69. The summed E-state index contributed by atoms with van der Waals surface area (Å²) in [5.74, 6) is 0.777. The van der Waals surface area contributed by atoms with Crippen molar-refractivity contribution in [2.24, 2.45) is 0 Å². The van der Waals surface area contributed by atoms with Crippen LogP contribution in [0.3, 0.4) is 0 Å². The van der Waals surface area contributed by atoms with E-state index < -0.39 is 0 Å². The first-order valence-electron chi connectivity index (χ1n) is 8.32. The van der Waals surface area contributed by atoms with Crippen LogP contribution in [0.4, 0.5) is 0 Å². The van der Waals surface area contributed by atoms with Crippen LogP contribution in [0.1, 0.15) is 30.1 Å². The van der Waals surface area contributed by atoms with Gasteiger partial charge >= 0.3 is 6.01 Å². The number of aromatic nitrogens is 2. The SMILES string of the molecule is CCOc1ccc(C(=O)N2CCCC(Oc3ncc(Br)cn3)C2)cc1. The highest BCUT2D eigenvalue weighted by Gasteiger charge is 2.26. The molecule has 1 aromatic carbocycles. The standard InChI is InChI=1S/C18H20BrN3O3/c1-2-24-15-7-5-13(6-8-15)17(23)22-9-3-4-16(12-22)25-18-20-10-14(19)11-21-18/h5-8,10-11,16H,2-4,9,12H2,1H3. The van der Waals surface area contributed by atoms with Crippen LogP contribution >= 0.6 is 15.9 Å². The first kappa shape index (κ1) is 17.7. The molecule has 6 nitrogen and oxygen atoms in total. The van der Waals surface area contributed by atoms with E-state index in [-0.39, 0.29) is 12.0 Å². The molecular formula is C18H20BrN3O3. The number of benzene rings is 1. The Morgan fingerprint density at radius 1 is 1.28 bits per heavy atom. The number of halogens is 1. The van der Waals surface area contributed by atoms with E-state index in [0.717, 1.165) is 29.6 Å². The second-order valence-electron chi connectivity index (χ2n) is 5.77. The molecule has 1 unspecified atom stereocenters. The zero-order valence-electron chi connectivity index (χ0n) is 14.0. The van der Waals surface area contributed by atoms with Gasteiger partial charge in [-0.2, -0.15) is 0 Å². The Balaban J connectivity index is 1.61. The van der Waals surface area contributed by atoms with Gasteiger partial charge in [-0.05, 0) is 60.0 Å². The molecule has 2 heterocycles. The maximum Gasteiger partial charge on any atom is 0.316 e. The monoisotopic (exact) mass is 405 g/mol. The normalized spacial score (nSPS) is 17.2. The first-order chi connectivity index (χ1) is 12.2. The highest BCUT2D eigenvalue weighted by atomic mass is 79.9. The zero-order valence-corrected chi connectivity index (χ0v) is 15.6. The van der Waals surface area contributed by atoms with E-state index in [4.69, 9.17) is 9.47 Å². The maximum atomic E-state index is 12.7. The topological polar surface area (TPSA) is 64.5 Å². The Bertz CT molecular complexity index is 707. The molecule has 2 aromatic rings. The van der Waals surface area contributed by atoms with Gasteiger partial charge in [0.2, 0.25) is 0 Å². The molecule has 0 radical (unpaired) electrons. The van der Waals surface area contributed by atoms with Crippen LogP contribution in [0.15, 0.2) is 41.1 Å². The Morgan fingerprint density at radius 3 is 2.68 bits per heavy atom. The number of likely N-dealkylation sites (tertiary alicyclic amines) is 1. The number of amides is 1. The summed E-state index contributed by atoms with van der Waals surface area (Å²) < 4.78 is 12.0. The minimum absolute atomic E-state index is 0.00747. The maximum absolute atomic E-state index is 12.7. The van der Waals surface area contributed by atoms with Gasteiger partial charge in [0.25, 0.3) is 5.91 Å². The molecule has 25 heavy (non-hydrogen) atoms. The summed E-state index contributed by atoms with van der Waals surface area (Å²) in [6, 6.07) is 7.59. The summed E-state index contributed by atoms with van der Waals surface area (Å²) in [6.45, 7) is 3.80. The third kappa shape index (κ3) is 4.69. The number of carbonyl (C=O) groups is 1. The lowest BCUT2D eigenvalue weighted by molar-refractivity contribution is 0.0515. The highest BCUT2D eigenvalue weighted by Crippen LogP contribution is 2.19. The van der Waals surface area contributed by atoms with Gasteiger partial charge in [-0.15, -0.1) is 0 Å². The summed E-state index contributed by atoms with van der Waals surface area (Å²) >= 11 is 3.30. The number of piperidine rings is 1. The lowest BCUT2D eigenvalue weighted by Crippen LogP contribution is -2.44. The van der Waals surface area contributed by atoms with Crippen molar-refractivity contribution in [2.75, 3.05) is 19.7 Å². The van der Waals surface area contributed by atoms with E-state index in [1.807, 2.05) is 24.0 Å². The third-order valence-electron chi connectivity index (χ3n) is 3.95. The highest BCUT2D eigenvalue weighted by molar-refractivity contribution is 9.10. The molecule has 0 bridgehead atoms. The number of nitrogens with zero attached hydrogens (tertiary/aromatic N) is 3. The number of ether oxygens (including phenoxy) is 2. The molecule has 1 saturated heterocycles. The van der Waals surface area contributed by atoms with Gasteiger partial charge in [0.05, 0.1) is 17.6 Å². The van der Waals surface area contributed by atoms with Crippen molar-refractivity contribution in [3.63, 3.8) is 0 Å². The minimum Gasteiger partial charge on any atom is -0.494 e. The molecule has 132 valence electrons. The third-order valence-corrected chi connectivity index (χ3v) is 4.36. The van der Waals surface area contributed by atoms with Gasteiger partial charge in [0.15, 0.2) is 0 Å². The van der Waals surface area contributed by atoms with E-state index in [2.05, 4.69) is 25.9 Å². The lowest BCUT2D eigenvalue weighted by atomic mass is 10.1. The molecule has 3 rings (SSSR count). The van der Waals surface area contributed by atoms with Gasteiger partial charge < -0.3 is 14.4 Å². The van der Waals surface area contributed by atoms with Crippen molar-refractivity contribution in [3.8, 4) is 11.8 Å². The number of rotatable bonds is 5. The fourth-order valence-electron chi connectivity index (χ4n) is 2.77. The summed E-state index contributed by atoms with van der Waals surface area (Å²) in [4.78, 5) is 22.8. The fourth-order valence-corrected chi connectivity index (χ4v) is 2.98. The lowest BCUT2D eigenvalue weighted by Gasteiger charge is -2.32. The molecule has 0 N–H and O–H groups in total. The smallest absolute Gasteiger partial charge is 0.316 e. The average Bonchev–Trinajstić information content (AvgIpc) is 2.64. The number of hydrogen-bond acceptors (Lipinski definition) is 5. The van der Waals surface area contributed by atoms with Crippen molar-refractivity contribution in [2.45, 2.75) is 25.9 Å². The van der Waals surface area contributed by atoms with Crippen LogP contribution in [0.2, 0.25) is 0 Å². The Hall–Kier alpha value is -2.15. The van der Waals surface area contributed by atoms with E-state index in [1.165, 1.54) is 0 Å². The van der Waals surface area contributed by atoms with Crippen molar-refractivity contribution < 1.29 is 14.3 Å². The molecule has 1 amide bonds. The summed E-state index contributed by atoms with van der Waals surface area (Å²) in [6.07, 6.45) is 4.97. The first-order valence-corrected chi connectivity index (χ1v) is 9.11. The van der Waals surface area contributed by atoms with Crippen molar-refractivity contribution in [1.82, 2.24) is 14.9 Å². The largest absolute Gasteiger partial charge is 0.494 e. The minimum atomic E-state index is -0.0958.